The minimum Gasteiger partial charge on any atom is -0.411 e. The van der Waals surface area contributed by atoms with Crippen LogP contribution in [0.15, 0.2) is 186 Å². The number of H-pyrrole nitrogens is 1. The number of oxime groups is 4. The Labute approximate surface area is 529 Å². The van der Waals surface area contributed by atoms with Gasteiger partial charge in [0, 0.05) is 45.9 Å². The molecule has 0 unspecified atom stereocenters. The molecular weight excluding hydrogens is 1170 g/mol. The predicted octanol–water partition coefficient (Wildman–Crippen LogP) is 11.0. The quantitative estimate of drug-likeness (QED) is 0.0171. The van der Waals surface area contributed by atoms with Crippen LogP contribution in [0.25, 0.3) is 21.8 Å². The van der Waals surface area contributed by atoms with E-state index >= 15 is 0 Å². The van der Waals surface area contributed by atoms with Crippen LogP contribution in [0.4, 0.5) is 62.3 Å². The SMILES string of the molecule is CCO/N=C/c1c(N)ncnc1N[C@@H](C)c1ccccc1.CCO/N=C/c1c(N)ncnc1N[C@H](C)c1ccccc1.CCO/N=C/c1c(N)ncnc1Nc1ccc2[nH]ccc2c1.Nc1ncnc(Nc2ccc3c(cnn3Cc3cccc(F)c3)c2)c1/C=N\O. The maximum Gasteiger partial charge on any atom is 0.144 e. The van der Waals surface area contributed by atoms with Crippen LogP contribution < -0.4 is 44.2 Å². The van der Waals surface area contributed by atoms with E-state index in [1.165, 1.54) is 62.3 Å². The fourth-order valence-electron chi connectivity index (χ4n) is 8.69. The van der Waals surface area contributed by atoms with Crippen LogP contribution in [0, 0.1) is 5.82 Å². The van der Waals surface area contributed by atoms with Gasteiger partial charge in [-0.15, -0.1) is 0 Å². The molecule has 27 nitrogen and oxygen atoms in total. The Balaban J connectivity index is 0.000000159. The highest BCUT2D eigenvalue weighted by Crippen LogP contribution is 2.28. The largest absolute Gasteiger partial charge is 0.411 e. The number of hydrogen-bond donors (Lipinski definition) is 10. The molecule has 11 aromatic rings. The van der Waals surface area contributed by atoms with Crippen LogP contribution in [0.5, 0.6) is 0 Å². The zero-order valence-electron chi connectivity index (χ0n) is 51.0. The molecule has 0 bridgehead atoms. The highest BCUT2D eigenvalue weighted by atomic mass is 19.1. The summed E-state index contributed by atoms with van der Waals surface area (Å²) in [5.74, 6) is 3.22. The highest BCUT2D eigenvalue weighted by Gasteiger charge is 2.15. The van der Waals surface area contributed by atoms with E-state index in [-0.39, 0.29) is 23.7 Å². The molecule has 0 aliphatic rings. The van der Waals surface area contributed by atoms with E-state index < -0.39 is 0 Å². The van der Waals surface area contributed by atoms with E-state index in [9.17, 15) is 4.39 Å². The van der Waals surface area contributed by atoms with Gasteiger partial charge in [0.05, 0.1) is 65.4 Å². The van der Waals surface area contributed by atoms with Crippen LogP contribution in [0.2, 0.25) is 0 Å². The van der Waals surface area contributed by atoms with Gasteiger partial charge in [0.1, 0.15) is 97.5 Å². The Hall–Kier alpha value is -12.4. The Morgan fingerprint density at radius 3 is 1.47 bits per heavy atom. The van der Waals surface area contributed by atoms with E-state index in [1.54, 1.807) is 16.9 Å². The van der Waals surface area contributed by atoms with E-state index in [0.717, 1.165) is 49.9 Å². The summed E-state index contributed by atoms with van der Waals surface area (Å²) in [7, 11) is 0. The van der Waals surface area contributed by atoms with Crippen molar-refractivity contribution in [3.8, 4) is 0 Å². The summed E-state index contributed by atoms with van der Waals surface area (Å²) in [5, 5.41) is 42.7. The monoisotopic (exact) mass is 1240 g/mol. The van der Waals surface area contributed by atoms with Crippen molar-refractivity contribution in [2.24, 2.45) is 20.6 Å². The van der Waals surface area contributed by atoms with Gasteiger partial charge in [-0.2, -0.15) is 5.10 Å². The summed E-state index contributed by atoms with van der Waals surface area (Å²) in [6.45, 7) is 11.6. The van der Waals surface area contributed by atoms with Crippen LogP contribution in [-0.4, -0.2) is 105 Å². The van der Waals surface area contributed by atoms with Gasteiger partial charge in [-0.1, -0.05) is 93.4 Å². The number of aromatic nitrogens is 11. The standard InChI is InChI=1S/C19H16FN7O.C15H16N6O.2C15H19N5O/c20-14-3-1-2-12(6-14)10-27-17-5-4-15(7-13(17)8-24-27)26-19-16(9-25-28)18(21)22-11-23-19;1-2-22-20-8-12-14(16)18-9-19-15(12)21-11-3-4-13-10(7-11)5-6-17-13;2*1-3-21-19-9-13-14(16)17-10-18-15(13)20-11(2)12-7-5-4-6-8-12/h1-9,11,28H,10H2,(H3,21,22,23,26);3-9,17H,2H2,1H3,(H3,16,18,19,21);2*4-11H,3H2,1-2H3,(H3,16,17,18,20)/b25-9-;20-8+;2*19-9+/t;;2*11-/m..10/s1. The summed E-state index contributed by atoms with van der Waals surface area (Å²) in [6.07, 6.45) is 15.0. The molecule has 11 rings (SSSR count). The first kappa shape index (κ1) is 65.6. The second kappa shape index (κ2) is 33.7. The summed E-state index contributed by atoms with van der Waals surface area (Å²) in [4.78, 5) is 50.7. The fourth-order valence-corrected chi connectivity index (χ4v) is 8.69. The molecule has 0 fully saturated rings. The van der Waals surface area contributed by atoms with Gasteiger partial charge in [-0.3, -0.25) is 4.68 Å². The minimum absolute atomic E-state index is 0.0831. The van der Waals surface area contributed by atoms with Crippen molar-refractivity contribution in [3.05, 3.63) is 210 Å². The number of nitrogens with two attached hydrogens (primary N) is 4. The maximum atomic E-state index is 13.4. The third-order valence-corrected chi connectivity index (χ3v) is 13.2. The van der Waals surface area contributed by atoms with Gasteiger partial charge in [0.2, 0.25) is 0 Å². The van der Waals surface area contributed by atoms with Gasteiger partial charge < -0.3 is 68.9 Å². The molecule has 28 heteroatoms. The number of benzene rings is 5. The lowest BCUT2D eigenvalue weighted by Crippen LogP contribution is -2.12. The second-order valence-corrected chi connectivity index (χ2v) is 19.6. The number of anilines is 10. The Morgan fingerprint density at radius 2 is 0.989 bits per heavy atom. The van der Waals surface area contributed by atoms with Gasteiger partial charge in [0.25, 0.3) is 0 Å². The smallest absolute Gasteiger partial charge is 0.144 e. The van der Waals surface area contributed by atoms with E-state index in [2.05, 4.69) is 130 Å². The second-order valence-electron chi connectivity index (χ2n) is 19.6. The summed E-state index contributed by atoms with van der Waals surface area (Å²) >= 11 is 0. The van der Waals surface area contributed by atoms with Gasteiger partial charge in [-0.25, -0.2) is 44.3 Å². The number of halogens is 1. The van der Waals surface area contributed by atoms with Crippen molar-refractivity contribution in [2.45, 2.75) is 53.2 Å². The minimum atomic E-state index is -0.271. The zero-order chi connectivity index (χ0) is 65.0. The maximum absolute atomic E-state index is 13.4. The Bertz CT molecular complexity index is 4140. The number of nitrogens with one attached hydrogen (secondary N) is 5. The van der Waals surface area contributed by atoms with Crippen LogP contribution in [-0.2, 0) is 21.1 Å². The topological polar surface area (TPSA) is 386 Å². The fraction of sp³-hybridized carbons (Fsp3) is 0.172. The first-order chi connectivity index (χ1) is 44.8. The lowest BCUT2D eigenvalue weighted by molar-refractivity contribution is 0.160. The molecule has 0 aliphatic carbocycles. The van der Waals surface area contributed by atoms with Crippen LogP contribution in [0.3, 0.4) is 0 Å². The first-order valence-corrected chi connectivity index (χ1v) is 28.8. The summed E-state index contributed by atoms with van der Waals surface area (Å²) in [6, 6.07) is 40.5. The molecule has 6 aromatic heterocycles. The Kier molecular flexibility index (Phi) is 24.0. The number of aromatic amines is 1. The summed E-state index contributed by atoms with van der Waals surface area (Å²) in [5.41, 5.74) is 32.4. The number of fused-ring (bicyclic) bond motifs is 2. The summed E-state index contributed by atoms with van der Waals surface area (Å²) < 4.78 is 15.2. The molecule has 5 aromatic carbocycles. The van der Waals surface area contributed by atoms with Gasteiger partial charge >= 0.3 is 0 Å². The lowest BCUT2D eigenvalue weighted by Gasteiger charge is -2.16. The number of nitrogen functional groups attached to an aromatic ring is 4. The van der Waals surface area contributed by atoms with Crippen molar-refractivity contribution >= 4 is 105 Å². The van der Waals surface area contributed by atoms with E-state index in [4.69, 9.17) is 42.7 Å². The number of hydrogen-bond acceptors (Lipinski definition) is 25. The van der Waals surface area contributed by atoms with Crippen molar-refractivity contribution in [1.29, 1.82) is 0 Å². The molecule has 0 amide bonds. The molecule has 472 valence electrons. The Morgan fingerprint density at radius 1 is 0.533 bits per heavy atom. The molecule has 92 heavy (non-hydrogen) atoms. The molecule has 0 saturated heterocycles. The van der Waals surface area contributed by atoms with E-state index in [0.29, 0.717) is 89.3 Å². The normalized spacial score (nSPS) is 11.7. The zero-order valence-corrected chi connectivity index (χ0v) is 51.0. The van der Waals surface area contributed by atoms with Gasteiger partial charge in [-0.05, 0) is 106 Å². The number of rotatable bonds is 22. The van der Waals surface area contributed by atoms with E-state index in [1.807, 2.05) is 112 Å². The van der Waals surface area contributed by atoms with Crippen LogP contribution in [0.1, 0.15) is 85.6 Å². The predicted molar refractivity (Wildman–Crippen MR) is 360 cm³/mol. The van der Waals surface area contributed by atoms with Gasteiger partial charge in [0.15, 0.2) is 0 Å². The molecule has 14 N–H and O–H groups in total. The average molecular weight is 1240 g/mol. The third-order valence-electron chi connectivity index (χ3n) is 13.2. The highest BCUT2D eigenvalue weighted by molar-refractivity contribution is 5.95. The molecule has 2 atom stereocenters. The molecule has 0 aliphatic heterocycles. The molecule has 0 saturated carbocycles. The van der Waals surface area contributed by atoms with Crippen molar-refractivity contribution in [3.63, 3.8) is 0 Å². The average Bonchev–Trinajstić information content (AvgIpc) is 2.10. The van der Waals surface area contributed by atoms with Crippen LogP contribution >= 0.6 is 0 Å². The molecule has 0 spiro atoms. The lowest BCUT2D eigenvalue weighted by atomic mass is 10.1. The first-order valence-electron chi connectivity index (χ1n) is 28.8. The number of nitrogens with zero attached hydrogens (tertiary/aromatic N) is 14. The molecular formula is C64H70FN23O4. The van der Waals surface area contributed by atoms with Crippen molar-refractivity contribution in [2.75, 3.05) is 64.0 Å². The molecule has 0 radical (unpaired) electrons. The molecule has 6 heterocycles. The third kappa shape index (κ3) is 18.6. The van der Waals surface area contributed by atoms with Crippen molar-refractivity contribution in [1.82, 2.24) is 54.6 Å². The van der Waals surface area contributed by atoms with Crippen molar-refractivity contribution < 1.29 is 24.1 Å².